The number of phenols is 1. The number of aromatic hydroxyl groups is 1. The topological polar surface area (TPSA) is 68.3 Å². The van der Waals surface area contributed by atoms with Gasteiger partial charge >= 0.3 is 0 Å². The third-order valence-electron chi connectivity index (χ3n) is 5.46. The van der Waals surface area contributed by atoms with Gasteiger partial charge in [-0.15, -0.1) is 11.3 Å². The molecule has 0 aliphatic heterocycles. The number of hydrogen-bond acceptors (Lipinski definition) is 6. The highest BCUT2D eigenvalue weighted by molar-refractivity contribution is 7.07. The molecule has 0 saturated heterocycles. The molecule has 0 bridgehead atoms. The van der Waals surface area contributed by atoms with E-state index >= 15 is 0 Å². The van der Waals surface area contributed by atoms with E-state index in [-0.39, 0.29) is 5.75 Å². The van der Waals surface area contributed by atoms with Gasteiger partial charge in [-0.1, -0.05) is 19.3 Å². The highest BCUT2D eigenvalue weighted by atomic mass is 32.1. The summed E-state index contributed by atoms with van der Waals surface area (Å²) in [6.07, 6.45) is 7.77. The predicted octanol–water partition coefficient (Wildman–Crippen LogP) is 5.06. The monoisotopic (exact) mass is 437 g/mol. The lowest BCUT2D eigenvalue weighted by molar-refractivity contribution is 0.373. The van der Waals surface area contributed by atoms with Crippen LogP contribution in [0, 0.1) is 0 Å². The summed E-state index contributed by atoms with van der Waals surface area (Å²) in [7, 11) is 3.19. The van der Waals surface area contributed by atoms with Crippen LogP contribution in [0.4, 0.5) is 0 Å². The number of rotatable bonds is 6. The zero-order valence-electron chi connectivity index (χ0n) is 17.8. The first-order valence-corrected chi connectivity index (χ1v) is 11.4. The van der Waals surface area contributed by atoms with Crippen LogP contribution < -0.4 is 14.3 Å². The van der Waals surface area contributed by atoms with Gasteiger partial charge in [0.1, 0.15) is 5.75 Å². The van der Waals surface area contributed by atoms with E-state index in [9.17, 15) is 5.11 Å². The predicted molar refractivity (Wildman–Crippen MR) is 124 cm³/mol. The molecule has 3 aromatic rings. The minimum atomic E-state index is 0.0873. The maximum absolute atomic E-state index is 10.1. The van der Waals surface area contributed by atoms with E-state index in [1.54, 1.807) is 36.8 Å². The van der Waals surface area contributed by atoms with Crippen LogP contribution in [-0.4, -0.2) is 36.3 Å². The number of ether oxygens (including phenoxy) is 2. The lowest BCUT2D eigenvalue weighted by Crippen LogP contribution is -2.19. The lowest BCUT2D eigenvalue weighted by atomic mass is 9.96. The van der Waals surface area contributed by atoms with E-state index < -0.39 is 0 Å². The van der Waals surface area contributed by atoms with Gasteiger partial charge in [0.05, 0.1) is 32.2 Å². The van der Waals surface area contributed by atoms with Crippen molar-refractivity contribution in [1.29, 1.82) is 0 Å². The van der Waals surface area contributed by atoms with Crippen molar-refractivity contribution < 1.29 is 14.6 Å². The number of phenolic OH excluding ortho intramolecular Hbond substituents is 1. The fourth-order valence-electron chi connectivity index (χ4n) is 3.74. The van der Waals surface area contributed by atoms with Crippen LogP contribution in [0.1, 0.15) is 37.7 Å². The first-order chi connectivity index (χ1) is 15.2. The maximum atomic E-state index is 10.1. The van der Waals surface area contributed by atoms with Crippen LogP contribution in [0.5, 0.6) is 17.2 Å². The second-order valence-corrected chi connectivity index (χ2v) is 8.38. The SMILES string of the molecule is COc1ccc(-c2csc(=NC3CCCCC3)n2N=Cc2ccc(OC)c(O)c2)cc1. The Kier molecular flexibility index (Phi) is 6.72. The number of hydrogen-bond donors (Lipinski definition) is 1. The Morgan fingerprint density at radius 2 is 1.81 bits per heavy atom. The molecule has 1 aliphatic carbocycles. The van der Waals surface area contributed by atoms with E-state index in [0.717, 1.165) is 40.2 Å². The van der Waals surface area contributed by atoms with Crippen LogP contribution in [0.15, 0.2) is 57.9 Å². The molecular weight excluding hydrogens is 410 g/mol. The smallest absolute Gasteiger partial charge is 0.206 e. The number of aromatic nitrogens is 1. The highest BCUT2D eigenvalue weighted by Gasteiger charge is 2.14. The van der Waals surface area contributed by atoms with Crippen LogP contribution >= 0.6 is 11.3 Å². The Labute approximate surface area is 186 Å². The summed E-state index contributed by atoms with van der Waals surface area (Å²) < 4.78 is 12.3. The van der Waals surface area contributed by atoms with Crippen molar-refractivity contribution >= 4 is 17.6 Å². The average molecular weight is 438 g/mol. The summed E-state index contributed by atoms with van der Waals surface area (Å²) in [5, 5.41) is 16.9. The molecule has 0 unspecified atom stereocenters. The lowest BCUT2D eigenvalue weighted by Gasteiger charge is -2.16. The molecule has 7 heteroatoms. The van der Waals surface area contributed by atoms with Crippen LogP contribution in [-0.2, 0) is 0 Å². The van der Waals surface area contributed by atoms with Gasteiger partial charge in [-0.3, -0.25) is 4.99 Å². The number of methoxy groups -OCH3 is 2. The summed E-state index contributed by atoms with van der Waals surface area (Å²) >= 11 is 1.60. The molecule has 1 aromatic heterocycles. The molecule has 0 radical (unpaired) electrons. The minimum Gasteiger partial charge on any atom is -0.504 e. The fourth-order valence-corrected chi connectivity index (χ4v) is 4.65. The Bertz CT molecular complexity index is 1110. The van der Waals surface area contributed by atoms with Crippen molar-refractivity contribution in [1.82, 2.24) is 4.68 Å². The average Bonchev–Trinajstić information content (AvgIpc) is 3.20. The van der Waals surface area contributed by atoms with Crippen LogP contribution in [0.3, 0.4) is 0 Å². The zero-order valence-corrected chi connectivity index (χ0v) is 18.6. The number of thiazole rings is 1. The van der Waals surface area contributed by atoms with E-state index in [2.05, 4.69) is 5.38 Å². The van der Waals surface area contributed by atoms with E-state index in [0.29, 0.717) is 11.8 Å². The molecule has 1 aliphatic rings. The van der Waals surface area contributed by atoms with Crippen LogP contribution in [0.25, 0.3) is 11.3 Å². The third kappa shape index (κ3) is 4.99. The quantitative estimate of drug-likeness (QED) is 0.549. The van der Waals surface area contributed by atoms with Gasteiger partial charge in [0.2, 0.25) is 4.80 Å². The Balaban J connectivity index is 1.73. The largest absolute Gasteiger partial charge is 0.504 e. The standard InChI is InChI=1S/C24H27N3O3S/c1-29-20-11-9-18(10-12-20)21-16-31-24(26-19-6-4-3-5-7-19)27(21)25-15-17-8-13-23(30-2)22(28)14-17/h8-16,19,28H,3-7H2,1-2H3. The van der Waals surface area contributed by atoms with Crippen molar-refractivity contribution in [2.24, 2.45) is 10.1 Å². The van der Waals surface area contributed by atoms with E-state index in [1.807, 2.05) is 35.0 Å². The Morgan fingerprint density at radius 1 is 1.03 bits per heavy atom. The van der Waals surface area contributed by atoms with Gasteiger partial charge in [-0.2, -0.15) is 5.10 Å². The molecular formula is C24H27N3O3S. The van der Waals surface area contributed by atoms with Crippen molar-refractivity contribution in [3.05, 3.63) is 58.2 Å². The van der Waals surface area contributed by atoms with Gasteiger partial charge in [-0.05, 0) is 60.9 Å². The molecule has 162 valence electrons. The number of nitrogens with zero attached hydrogens (tertiary/aromatic N) is 3. The summed E-state index contributed by atoms with van der Waals surface area (Å²) in [5.74, 6) is 1.34. The van der Waals surface area contributed by atoms with Gasteiger partial charge in [-0.25, -0.2) is 4.68 Å². The molecule has 1 N–H and O–H groups in total. The minimum absolute atomic E-state index is 0.0873. The van der Waals surface area contributed by atoms with Gasteiger partial charge in [0, 0.05) is 10.9 Å². The summed E-state index contributed by atoms with van der Waals surface area (Å²) in [4.78, 5) is 5.91. The van der Waals surface area contributed by atoms with Crippen molar-refractivity contribution in [3.63, 3.8) is 0 Å². The third-order valence-corrected chi connectivity index (χ3v) is 6.29. The Hall–Kier alpha value is -3.06. The summed E-state index contributed by atoms with van der Waals surface area (Å²) in [6.45, 7) is 0. The molecule has 6 nitrogen and oxygen atoms in total. The van der Waals surface area contributed by atoms with Crippen molar-refractivity contribution in [3.8, 4) is 28.5 Å². The molecule has 1 fully saturated rings. The normalized spacial score (nSPS) is 15.5. The second kappa shape index (κ2) is 9.83. The zero-order chi connectivity index (χ0) is 21.6. The fraction of sp³-hybridized carbons (Fsp3) is 0.333. The van der Waals surface area contributed by atoms with Crippen LogP contribution in [0.2, 0.25) is 0 Å². The molecule has 4 rings (SSSR count). The molecule has 0 spiro atoms. The summed E-state index contributed by atoms with van der Waals surface area (Å²) in [5.41, 5.74) is 2.79. The van der Waals surface area contributed by atoms with E-state index in [1.165, 1.54) is 26.4 Å². The van der Waals surface area contributed by atoms with Crippen molar-refractivity contribution in [2.45, 2.75) is 38.1 Å². The van der Waals surface area contributed by atoms with Crippen molar-refractivity contribution in [2.75, 3.05) is 14.2 Å². The summed E-state index contributed by atoms with van der Waals surface area (Å²) in [6, 6.07) is 13.5. The van der Waals surface area contributed by atoms with Gasteiger partial charge < -0.3 is 14.6 Å². The Morgan fingerprint density at radius 3 is 2.48 bits per heavy atom. The molecule has 1 heterocycles. The van der Waals surface area contributed by atoms with E-state index in [4.69, 9.17) is 19.6 Å². The molecule has 0 atom stereocenters. The van der Waals surface area contributed by atoms with Gasteiger partial charge in [0.25, 0.3) is 0 Å². The molecule has 1 saturated carbocycles. The first-order valence-electron chi connectivity index (χ1n) is 10.5. The highest BCUT2D eigenvalue weighted by Crippen LogP contribution is 2.26. The maximum Gasteiger partial charge on any atom is 0.206 e. The number of benzene rings is 2. The molecule has 2 aromatic carbocycles. The molecule has 0 amide bonds. The first kappa shape index (κ1) is 21.2. The second-order valence-electron chi connectivity index (χ2n) is 7.54. The van der Waals surface area contributed by atoms with Gasteiger partial charge in [0.15, 0.2) is 11.5 Å². The molecule has 31 heavy (non-hydrogen) atoms.